The molecule has 3 heterocycles. The van der Waals surface area contributed by atoms with E-state index in [4.69, 9.17) is 5.73 Å². The second-order valence-corrected chi connectivity index (χ2v) is 10.3. The monoisotopic (exact) mass is 520 g/mol. The minimum atomic E-state index is -3.48. The van der Waals surface area contributed by atoms with E-state index in [0.29, 0.717) is 37.8 Å². The van der Waals surface area contributed by atoms with Gasteiger partial charge in [0, 0.05) is 29.0 Å². The molecule has 3 aromatic heterocycles. The molecule has 0 fully saturated rings. The predicted octanol–water partition coefficient (Wildman–Crippen LogP) is 2.65. The summed E-state index contributed by atoms with van der Waals surface area (Å²) in [5.74, 6) is -1.41. The molecule has 9 nitrogen and oxygen atoms in total. The fraction of sp³-hybridized carbons (Fsp3) is 0.200. The second kappa shape index (κ2) is 8.10. The van der Waals surface area contributed by atoms with Crippen LogP contribution in [0.5, 0.6) is 0 Å². The minimum Gasteiger partial charge on any atom is -0.383 e. The molecule has 0 aliphatic heterocycles. The average Bonchev–Trinajstić information content (AvgIpc) is 3.12. The zero-order valence-electron chi connectivity index (χ0n) is 17.0. The number of fused-ring (bicyclic) bond motifs is 2. The van der Waals surface area contributed by atoms with Gasteiger partial charge in [-0.1, -0.05) is 0 Å². The standard InChI is InChI=1S/C20H18BrFN6O3S/c1-10(26-16(29)9-32(2,30)31)18-17(21)19(23)28-20(27-18)14(8-25-28)12-5-11-6-13(22)3-4-15(11)24-7-12/h3-8,10H,9,23H2,1-2H3,(H,26,29). The van der Waals surface area contributed by atoms with Gasteiger partial charge in [0.15, 0.2) is 15.5 Å². The van der Waals surface area contributed by atoms with E-state index in [1.54, 1.807) is 31.5 Å². The predicted molar refractivity (Wildman–Crippen MR) is 122 cm³/mol. The van der Waals surface area contributed by atoms with Gasteiger partial charge in [0.2, 0.25) is 5.91 Å². The van der Waals surface area contributed by atoms with E-state index < -0.39 is 27.5 Å². The zero-order valence-corrected chi connectivity index (χ0v) is 19.4. The fourth-order valence-electron chi connectivity index (χ4n) is 3.34. The molecule has 32 heavy (non-hydrogen) atoms. The van der Waals surface area contributed by atoms with Crippen LogP contribution in [0.2, 0.25) is 0 Å². The lowest BCUT2D eigenvalue weighted by Crippen LogP contribution is -2.32. The summed E-state index contributed by atoms with van der Waals surface area (Å²) in [4.78, 5) is 21.1. The molecule has 12 heteroatoms. The van der Waals surface area contributed by atoms with E-state index in [0.717, 1.165) is 6.26 Å². The summed E-state index contributed by atoms with van der Waals surface area (Å²) >= 11 is 3.39. The Bertz CT molecular complexity index is 1490. The first kappa shape index (κ1) is 22.1. The molecular weight excluding hydrogens is 503 g/mol. The number of rotatable bonds is 5. The molecule has 0 spiro atoms. The number of anilines is 1. The molecule has 0 saturated carbocycles. The van der Waals surface area contributed by atoms with Crippen molar-refractivity contribution in [1.29, 1.82) is 0 Å². The summed E-state index contributed by atoms with van der Waals surface area (Å²) in [5.41, 5.74) is 8.95. The molecule has 3 N–H and O–H groups in total. The van der Waals surface area contributed by atoms with Crippen LogP contribution in [-0.4, -0.2) is 45.9 Å². The number of nitrogens with two attached hydrogens (primary N) is 1. The normalized spacial score (nSPS) is 12.9. The lowest BCUT2D eigenvalue weighted by Gasteiger charge is -2.16. The summed E-state index contributed by atoms with van der Waals surface area (Å²) in [6, 6.07) is 5.46. The van der Waals surface area contributed by atoms with Crippen molar-refractivity contribution in [1.82, 2.24) is 24.9 Å². The molecule has 4 rings (SSSR count). The SMILES string of the molecule is CC(NC(=O)CS(C)(=O)=O)c1nc2c(-c3cnc4ccc(F)cc4c3)cnn2c(N)c1Br. The van der Waals surface area contributed by atoms with Crippen molar-refractivity contribution in [3.63, 3.8) is 0 Å². The molecular formula is C20H18BrFN6O3S. The van der Waals surface area contributed by atoms with Crippen molar-refractivity contribution in [3.8, 4) is 11.1 Å². The number of carbonyl (C=O) groups is 1. The zero-order chi connectivity index (χ0) is 23.2. The number of pyridine rings is 1. The van der Waals surface area contributed by atoms with E-state index in [-0.39, 0.29) is 11.6 Å². The molecule has 1 amide bonds. The first-order valence-electron chi connectivity index (χ1n) is 9.39. The van der Waals surface area contributed by atoms with E-state index in [1.807, 2.05) is 0 Å². The lowest BCUT2D eigenvalue weighted by molar-refractivity contribution is -0.119. The van der Waals surface area contributed by atoms with Gasteiger partial charge in [0.25, 0.3) is 0 Å². The Hall–Kier alpha value is -3.12. The van der Waals surface area contributed by atoms with Crippen LogP contribution in [0.4, 0.5) is 10.2 Å². The maximum atomic E-state index is 13.7. The second-order valence-electron chi connectivity index (χ2n) is 7.41. The quantitative estimate of drug-likeness (QED) is 0.413. The number of nitrogen functional groups attached to an aromatic ring is 1. The number of halogens is 2. The summed E-state index contributed by atoms with van der Waals surface area (Å²) in [6.45, 7) is 1.67. The van der Waals surface area contributed by atoms with Gasteiger partial charge in [0.05, 0.1) is 27.9 Å². The lowest BCUT2D eigenvalue weighted by atomic mass is 10.1. The van der Waals surface area contributed by atoms with Gasteiger partial charge in [0.1, 0.15) is 17.4 Å². The minimum absolute atomic E-state index is 0.250. The van der Waals surface area contributed by atoms with Crippen LogP contribution in [0.3, 0.4) is 0 Å². The smallest absolute Gasteiger partial charge is 0.235 e. The number of carbonyl (C=O) groups excluding carboxylic acids is 1. The maximum absolute atomic E-state index is 13.7. The van der Waals surface area contributed by atoms with Crippen LogP contribution in [0.1, 0.15) is 18.7 Å². The highest BCUT2D eigenvalue weighted by atomic mass is 79.9. The Morgan fingerprint density at radius 3 is 2.78 bits per heavy atom. The molecule has 1 aromatic carbocycles. The largest absolute Gasteiger partial charge is 0.383 e. The van der Waals surface area contributed by atoms with Gasteiger partial charge < -0.3 is 11.1 Å². The van der Waals surface area contributed by atoms with Crippen LogP contribution in [0.25, 0.3) is 27.7 Å². The van der Waals surface area contributed by atoms with E-state index >= 15 is 0 Å². The Morgan fingerprint density at radius 2 is 2.06 bits per heavy atom. The van der Waals surface area contributed by atoms with Crippen LogP contribution < -0.4 is 11.1 Å². The van der Waals surface area contributed by atoms with Gasteiger partial charge in [-0.3, -0.25) is 9.78 Å². The highest BCUT2D eigenvalue weighted by Gasteiger charge is 2.22. The Labute approximate surface area is 190 Å². The fourth-order valence-corrected chi connectivity index (χ4v) is 4.50. The summed E-state index contributed by atoms with van der Waals surface area (Å²) in [6.07, 6.45) is 4.19. The molecule has 4 aromatic rings. The van der Waals surface area contributed by atoms with E-state index in [1.165, 1.54) is 16.6 Å². The number of nitrogens with zero attached hydrogens (tertiary/aromatic N) is 4. The number of nitrogens with one attached hydrogen (secondary N) is 1. The molecule has 0 radical (unpaired) electrons. The number of hydrogen-bond donors (Lipinski definition) is 2. The first-order chi connectivity index (χ1) is 15.0. The van der Waals surface area contributed by atoms with Gasteiger partial charge in [-0.25, -0.2) is 17.8 Å². The Balaban J connectivity index is 1.78. The van der Waals surface area contributed by atoms with Crippen molar-refractivity contribution in [3.05, 3.63) is 52.6 Å². The summed E-state index contributed by atoms with van der Waals surface area (Å²) in [5, 5.41) is 7.53. The van der Waals surface area contributed by atoms with Crippen molar-refractivity contribution < 1.29 is 17.6 Å². The number of hydrogen-bond acceptors (Lipinski definition) is 7. The number of sulfone groups is 1. The molecule has 0 bridgehead atoms. The topological polar surface area (TPSA) is 132 Å². The van der Waals surface area contributed by atoms with Crippen LogP contribution in [0.15, 0.2) is 41.1 Å². The highest BCUT2D eigenvalue weighted by Crippen LogP contribution is 2.33. The van der Waals surface area contributed by atoms with Crippen LogP contribution >= 0.6 is 15.9 Å². The highest BCUT2D eigenvalue weighted by molar-refractivity contribution is 9.10. The third-order valence-electron chi connectivity index (χ3n) is 4.78. The Morgan fingerprint density at radius 1 is 1.31 bits per heavy atom. The molecule has 1 unspecified atom stereocenters. The van der Waals surface area contributed by atoms with Gasteiger partial charge in [-0.15, -0.1) is 0 Å². The van der Waals surface area contributed by atoms with Crippen LogP contribution in [0, 0.1) is 5.82 Å². The first-order valence-corrected chi connectivity index (χ1v) is 12.2. The third kappa shape index (κ3) is 4.28. The van der Waals surface area contributed by atoms with Crippen molar-refractivity contribution >= 4 is 54.0 Å². The van der Waals surface area contributed by atoms with Crippen molar-refractivity contribution in [2.45, 2.75) is 13.0 Å². The molecule has 166 valence electrons. The summed E-state index contributed by atoms with van der Waals surface area (Å²) in [7, 11) is -3.48. The number of benzene rings is 1. The van der Waals surface area contributed by atoms with E-state index in [9.17, 15) is 17.6 Å². The van der Waals surface area contributed by atoms with Gasteiger partial charge in [-0.05, 0) is 47.1 Å². The molecule has 0 aliphatic rings. The number of amides is 1. The molecule has 0 aliphatic carbocycles. The van der Waals surface area contributed by atoms with Crippen molar-refractivity contribution in [2.24, 2.45) is 0 Å². The molecule has 0 saturated heterocycles. The van der Waals surface area contributed by atoms with Gasteiger partial charge in [-0.2, -0.15) is 9.61 Å². The Kier molecular flexibility index (Phi) is 5.59. The van der Waals surface area contributed by atoms with Gasteiger partial charge >= 0.3 is 0 Å². The van der Waals surface area contributed by atoms with E-state index in [2.05, 4.69) is 36.3 Å². The third-order valence-corrected chi connectivity index (χ3v) is 6.38. The average molecular weight is 521 g/mol. The number of aromatic nitrogens is 4. The summed E-state index contributed by atoms with van der Waals surface area (Å²) < 4.78 is 38.3. The van der Waals surface area contributed by atoms with Crippen LogP contribution in [-0.2, 0) is 14.6 Å². The molecule has 1 atom stereocenters. The maximum Gasteiger partial charge on any atom is 0.235 e. The van der Waals surface area contributed by atoms with Crippen molar-refractivity contribution in [2.75, 3.05) is 17.7 Å².